The molecule has 0 saturated heterocycles. The molecule has 82 valence electrons. The van der Waals surface area contributed by atoms with Crippen molar-refractivity contribution in [3.05, 3.63) is 48.7 Å². The van der Waals surface area contributed by atoms with Gasteiger partial charge in [0.05, 0.1) is 10.6 Å². The van der Waals surface area contributed by atoms with E-state index >= 15 is 0 Å². The van der Waals surface area contributed by atoms with Crippen molar-refractivity contribution < 1.29 is 8.42 Å². The molecule has 0 spiro atoms. The van der Waals surface area contributed by atoms with E-state index in [0.717, 1.165) is 0 Å². The summed E-state index contributed by atoms with van der Waals surface area (Å²) in [5, 5.41) is -0.0961. The van der Waals surface area contributed by atoms with Crippen molar-refractivity contribution in [2.45, 2.75) is 9.92 Å². The maximum atomic E-state index is 12.1. The van der Waals surface area contributed by atoms with Gasteiger partial charge in [0.2, 0.25) is 9.84 Å². The Labute approximate surface area is 93.7 Å². The number of aromatic nitrogens is 1. The number of anilines is 1. The Morgan fingerprint density at radius 3 is 2.31 bits per heavy atom. The van der Waals surface area contributed by atoms with Crippen molar-refractivity contribution >= 4 is 15.5 Å². The molecular weight excluding hydrogens is 224 g/mol. The van der Waals surface area contributed by atoms with Gasteiger partial charge in [-0.3, -0.25) is 0 Å². The van der Waals surface area contributed by atoms with E-state index in [1.54, 1.807) is 24.3 Å². The van der Waals surface area contributed by atoms with Crippen LogP contribution >= 0.6 is 0 Å². The fourth-order valence-electron chi connectivity index (χ4n) is 1.34. The zero-order valence-corrected chi connectivity index (χ0v) is 9.18. The molecule has 2 aromatic rings. The molecule has 0 bridgehead atoms. The van der Waals surface area contributed by atoms with Gasteiger partial charge in [-0.15, -0.1) is 0 Å². The molecule has 1 aromatic carbocycles. The van der Waals surface area contributed by atoms with Gasteiger partial charge in [0, 0.05) is 6.20 Å². The standard InChI is InChI=1S/C11H10N2O2S/c12-10-7-4-8-13-11(10)16(14,15)9-5-2-1-3-6-9/h1-8H,12H2. The van der Waals surface area contributed by atoms with Crippen LogP contribution in [0.1, 0.15) is 0 Å². The predicted octanol–water partition coefficient (Wildman–Crippen LogP) is 1.50. The summed E-state index contributed by atoms with van der Waals surface area (Å²) in [6, 6.07) is 11.2. The van der Waals surface area contributed by atoms with Crippen LogP contribution in [0.2, 0.25) is 0 Å². The first kappa shape index (κ1) is 10.6. The van der Waals surface area contributed by atoms with Crippen LogP contribution in [-0.2, 0) is 9.84 Å². The lowest BCUT2D eigenvalue weighted by atomic mass is 10.4. The molecule has 0 aliphatic heterocycles. The van der Waals surface area contributed by atoms with Crippen LogP contribution in [0.4, 0.5) is 5.69 Å². The third-order valence-electron chi connectivity index (χ3n) is 2.11. The summed E-state index contributed by atoms with van der Waals surface area (Å²) in [4.78, 5) is 4.01. The van der Waals surface area contributed by atoms with Crippen LogP contribution in [-0.4, -0.2) is 13.4 Å². The van der Waals surface area contributed by atoms with E-state index < -0.39 is 9.84 Å². The van der Waals surface area contributed by atoms with E-state index in [-0.39, 0.29) is 15.6 Å². The maximum Gasteiger partial charge on any atom is 0.225 e. The largest absolute Gasteiger partial charge is 0.396 e. The molecule has 1 heterocycles. The quantitative estimate of drug-likeness (QED) is 0.854. The van der Waals surface area contributed by atoms with Crippen molar-refractivity contribution in [3.8, 4) is 0 Å². The highest BCUT2D eigenvalue weighted by atomic mass is 32.2. The molecule has 0 amide bonds. The fourth-order valence-corrected chi connectivity index (χ4v) is 2.66. The highest BCUT2D eigenvalue weighted by Crippen LogP contribution is 2.22. The molecule has 0 radical (unpaired) electrons. The maximum absolute atomic E-state index is 12.1. The van der Waals surface area contributed by atoms with Crippen LogP contribution < -0.4 is 5.73 Å². The molecule has 0 aliphatic carbocycles. The fraction of sp³-hybridized carbons (Fsp3) is 0. The number of pyridine rings is 1. The monoisotopic (exact) mass is 234 g/mol. The second-order valence-electron chi connectivity index (χ2n) is 3.21. The van der Waals surface area contributed by atoms with Crippen LogP contribution in [0.5, 0.6) is 0 Å². The van der Waals surface area contributed by atoms with Gasteiger partial charge in [-0.05, 0) is 24.3 Å². The molecular formula is C11H10N2O2S. The molecule has 4 nitrogen and oxygen atoms in total. The molecule has 0 unspecified atom stereocenters. The molecule has 2 N–H and O–H groups in total. The molecule has 16 heavy (non-hydrogen) atoms. The number of hydrogen-bond donors (Lipinski definition) is 1. The SMILES string of the molecule is Nc1cccnc1S(=O)(=O)c1ccccc1. The minimum Gasteiger partial charge on any atom is -0.396 e. The molecule has 0 saturated carbocycles. The molecule has 2 rings (SSSR count). The first-order valence-corrected chi connectivity index (χ1v) is 6.11. The number of hydrogen-bond acceptors (Lipinski definition) is 4. The Kier molecular flexibility index (Phi) is 2.62. The van der Waals surface area contributed by atoms with Crippen LogP contribution in [0.3, 0.4) is 0 Å². The van der Waals surface area contributed by atoms with Gasteiger partial charge in [-0.1, -0.05) is 18.2 Å². The Hall–Kier alpha value is -1.88. The summed E-state index contributed by atoms with van der Waals surface area (Å²) in [6.07, 6.45) is 1.41. The van der Waals surface area contributed by atoms with E-state index in [9.17, 15) is 8.42 Å². The zero-order chi connectivity index (χ0) is 11.6. The van der Waals surface area contributed by atoms with Crippen LogP contribution in [0, 0.1) is 0 Å². The topological polar surface area (TPSA) is 73.0 Å². The molecule has 5 heteroatoms. The third kappa shape index (κ3) is 1.77. The molecule has 0 atom stereocenters. The summed E-state index contributed by atoms with van der Waals surface area (Å²) in [6.45, 7) is 0. The van der Waals surface area contributed by atoms with E-state index in [2.05, 4.69) is 4.98 Å². The minimum absolute atomic E-state index is 0.0961. The Morgan fingerprint density at radius 1 is 1.00 bits per heavy atom. The van der Waals surface area contributed by atoms with Gasteiger partial charge in [0.1, 0.15) is 0 Å². The Morgan fingerprint density at radius 2 is 1.69 bits per heavy atom. The van der Waals surface area contributed by atoms with E-state index in [1.165, 1.54) is 24.4 Å². The number of nitrogens with two attached hydrogens (primary N) is 1. The summed E-state index contributed by atoms with van der Waals surface area (Å²) in [5.41, 5.74) is 5.76. The van der Waals surface area contributed by atoms with E-state index in [1.807, 2.05) is 0 Å². The lowest BCUT2D eigenvalue weighted by Gasteiger charge is -2.05. The van der Waals surface area contributed by atoms with E-state index in [0.29, 0.717) is 0 Å². The summed E-state index contributed by atoms with van der Waals surface area (Å²) in [7, 11) is -3.61. The minimum atomic E-state index is -3.61. The second kappa shape index (κ2) is 3.94. The lowest BCUT2D eigenvalue weighted by molar-refractivity contribution is 0.593. The first-order chi connectivity index (χ1) is 7.62. The van der Waals surface area contributed by atoms with Crippen molar-refractivity contribution in [2.75, 3.05) is 5.73 Å². The van der Waals surface area contributed by atoms with Crippen molar-refractivity contribution in [2.24, 2.45) is 0 Å². The lowest BCUT2D eigenvalue weighted by Crippen LogP contribution is -2.07. The average Bonchev–Trinajstić information content (AvgIpc) is 2.30. The summed E-state index contributed by atoms with van der Waals surface area (Å²) < 4.78 is 24.2. The zero-order valence-electron chi connectivity index (χ0n) is 8.37. The molecule has 1 aromatic heterocycles. The smallest absolute Gasteiger partial charge is 0.225 e. The molecule has 0 fully saturated rings. The Bertz CT molecular complexity index is 594. The van der Waals surface area contributed by atoms with Gasteiger partial charge >= 0.3 is 0 Å². The number of nitrogens with zero attached hydrogens (tertiary/aromatic N) is 1. The van der Waals surface area contributed by atoms with Crippen LogP contribution in [0.15, 0.2) is 58.6 Å². The van der Waals surface area contributed by atoms with Gasteiger partial charge in [0.25, 0.3) is 0 Å². The first-order valence-electron chi connectivity index (χ1n) is 4.63. The predicted molar refractivity (Wildman–Crippen MR) is 60.5 cm³/mol. The number of benzene rings is 1. The van der Waals surface area contributed by atoms with Crippen molar-refractivity contribution in [1.82, 2.24) is 4.98 Å². The second-order valence-corrected chi connectivity index (χ2v) is 5.08. The van der Waals surface area contributed by atoms with E-state index in [4.69, 9.17) is 5.73 Å². The van der Waals surface area contributed by atoms with Gasteiger partial charge in [-0.25, -0.2) is 13.4 Å². The van der Waals surface area contributed by atoms with Crippen molar-refractivity contribution in [3.63, 3.8) is 0 Å². The average molecular weight is 234 g/mol. The Balaban J connectivity index is 2.62. The van der Waals surface area contributed by atoms with Crippen LogP contribution in [0.25, 0.3) is 0 Å². The van der Waals surface area contributed by atoms with Gasteiger partial charge < -0.3 is 5.73 Å². The normalized spacial score (nSPS) is 11.2. The summed E-state index contributed by atoms with van der Waals surface area (Å²) in [5.74, 6) is 0. The number of sulfone groups is 1. The van der Waals surface area contributed by atoms with Crippen molar-refractivity contribution in [1.29, 1.82) is 0 Å². The van der Waals surface area contributed by atoms with Gasteiger partial charge in [-0.2, -0.15) is 0 Å². The third-order valence-corrected chi connectivity index (χ3v) is 3.85. The number of rotatable bonds is 2. The molecule has 0 aliphatic rings. The number of nitrogen functional groups attached to an aromatic ring is 1. The highest BCUT2D eigenvalue weighted by Gasteiger charge is 2.20. The summed E-state index contributed by atoms with van der Waals surface area (Å²) >= 11 is 0. The van der Waals surface area contributed by atoms with Gasteiger partial charge in [0.15, 0.2) is 5.03 Å². The highest BCUT2D eigenvalue weighted by molar-refractivity contribution is 7.91.